The fraction of sp³-hybridized carbons (Fsp3) is 0.111. The Kier molecular flexibility index (Phi) is 8.12. The van der Waals surface area contributed by atoms with Crippen molar-refractivity contribution in [3.63, 3.8) is 0 Å². The zero-order valence-electron chi connectivity index (χ0n) is 33.1. The third-order valence-corrected chi connectivity index (χ3v) is 12.7. The minimum absolute atomic E-state index is 0.0119. The van der Waals surface area contributed by atoms with Gasteiger partial charge in [-0.25, -0.2) is 0 Å². The van der Waals surface area contributed by atoms with Gasteiger partial charge in [0.25, 0.3) is 0 Å². The number of aliphatic imine (C=N–C) groups is 1. The van der Waals surface area contributed by atoms with Crippen LogP contribution in [-0.4, -0.2) is 22.4 Å². The van der Waals surface area contributed by atoms with E-state index < -0.39 is 0 Å². The SMILES string of the molecule is CC1(C)C2=CC3C(C=C2c2ccccc21)c1cc(-c2cccc4c5ccccc5n(-c5ccccc5)c24)ccc1N3C(=N)N=C(NCc1ccccc1)c1ccccc1. The van der Waals surface area contributed by atoms with Gasteiger partial charge in [0, 0.05) is 51.2 Å². The predicted octanol–water partition coefficient (Wildman–Crippen LogP) is 12.2. The molecular weight excluding hydrogens is 719 g/mol. The quantitative estimate of drug-likeness (QED) is 0.136. The first-order chi connectivity index (χ1) is 29.0. The Morgan fingerprint density at radius 1 is 0.678 bits per heavy atom. The molecule has 5 heteroatoms. The van der Waals surface area contributed by atoms with Crippen LogP contribution in [0.1, 0.15) is 47.6 Å². The molecule has 3 aliphatic rings. The van der Waals surface area contributed by atoms with Crippen molar-refractivity contribution in [3.8, 4) is 16.8 Å². The zero-order chi connectivity index (χ0) is 39.7. The number of nitrogens with zero attached hydrogens (tertiary/aromatic N) is 3. The molecule has 0 bridgehead atoms. The van der Waals surface area contributed by atoms with Crippen molar-refractivity contribution in [1.29, 1.82) is 5.41 Å². The minimum atomic E-state index is -0.169. The van der Waals surface area contributed by atoms with Gasteiger partial charge < -0.3 is 14.8 Å². The van der Waals surface area contributed by atoms with Crippen LogP contribution < -0.4 is 10.2 Å². The third-order valence-electron chi connectivity index (χ3n) is 12.7. The van der Waals surface area contributed by atoms with E-state index >= 15 is 0 Å². The summed E-state index contributed by atoms with van der Waals surface area (Å²) in [4.78, 5) is 7.31. The monoisotopic (exact) mass is 761 g/mol. The minimum Gasteiger partial charge on any atom is -0.365 e. The summed E-state index contributed by atoms with van der Waals surface area (Å²) in [6.45, 7) is 5.27. The van der Waals surface area contributed by atoms with E-state index in [1.165, 1.54) is 55.2 Å². The third kappa shape index (κ3) is 5.60. The molecule has 2 atom stereocenters. The van der Waals surface area contributed by atoms with Gasteiger partial charge in [0.2, 0.25) is 5.96 Å². The highest BCUT2D eigenvalue weighted by Crippen LogP contribution is 2.56. The van der Waals surface area contributed by atoms with Crippen molar-refractivity contribution in [2.45, 2.75) is 37.8 Å². The lowest BCUT2D eigenvalue weighted by Crippen LogP contribution is -2.39. The Balaban J connectivity index is 1.09. The highest BCUT2D eigenvalue weighted by atomic mass is 15.3. The van der Waals surface area contributed by atoms with E-state index in [1.54, 1.807) is 0 Å². The van der Waals surface area contributed by atoms with Gasteiger partial charge in [-0.15, -0.1) is 0 Å². The maximum absolute atomic E-state index is 9.87. The summed E-state index contributed by atoms with van der Waals surface area (Å²) in [6.07, 6.45) is 4.93. The van der Waals surface area contributed by atoms with Crippen LogP contribution in [0.3, 0.4) is 0 Å². The van der Waals surface area contributed by atoms with E-state index in [1.807, 2.05) is 24.3 Å². The molecular formula is C54H43N5. The number of rotatable bonds is 5. The summed E-state index contributed by atoms with van der Waals surface area (Å²) in [5.74, 6) is 0.895. The Hall–Kier alpha value is -7.24. The summed E-state index contributed by atoms with van der Waals surface area (Å²) in [7, 11) is 0. The van der Waals surface area contributed by atoms with E-state index in [2.05, 4.69) is 192 Å². The van der Waals surface area contributed by atoms with Crippen molar-refractivity contribution in [3.05, 3.63) is 221 Å². The Bertz CT molecular complexity index is 3040. The van der Waals surface area contributed by atoms with Crippen LogP contribution in [0.2, 0.25) is 0 Å². The molecule has 7 aromatic carbocycles. The molecule has 2 unspecified atom stereocenters. The van der Waals surface area contributed by atoms with E-state index in [0.29, 0.717) is 12.4 Å². The number of fused-ring (bicyclic) bond motifs is 9. The number of anilines is 1. The molecule has 284 valence electrons. The standard InChI is InChI=1S/C54H43N5/c1-54(2)46-27-14-12-23-40(46)43-32-45-44-31-37(39-25-16-26-42-41-24-13-15-28-48(41)58(51(39)42)38-21-10-5-11-22-38)29-30-49(44)59(50(45)33-47(43)54)53(55)57-52(36-19-8-4-9-20-36)56-34-35-17-6-3-7-18-35/h3-33,45,50H,34H2,1-2H3,(H2,55,56,57). The molecule has 0 saturated heterocycles. The van der Waals surface area contributed by atoms with Gasteiger partial charge in [0.15, 0.2) is 0 Å². The van der Waals surface area contributed by atoms with E-state index in [0.717, 1.165) is 28.1 Å². The van der Waals surface area contributed by atoms with Crippen LogP contribution in [0.15, 0.2) is 199 Å². The number of para-hydroxylation sites is 3. The normalized spacial score (nSPS) is 17.5. The fourth-order valence-corrected chi connectivity index (χ4v) is 9.89. The smallest absolute Gasteiger partial charge is 0.224 e. The van der Waals surface area contributed by atoms with Gasteiger partial charge in [-0.2, -0.15) is 4.99 Å². The van der Waals surface area contributed by atoms with Crippen LogP contribution in [0, 0.1) is 5.41 Å². The molecule has 0 saturated carbocycles. The Morgan fingerprint density at radius 2 is 1.36 bits per heavy atom. The largest absolute Gasteiger partial charge is 0.365 e. The molecule has 0 spiro atoms. The van der Waals surface area contributed by atoms with E-state index in [9.17, 15) is 5.41 Å². The molecule has 5 nitrogen and oxygen atoms in total. The first-order valence-electron chi connectivity index (χ1n) is 20.5. The number of aromatic nitrogens is 1. The Labute approximate surface area is 344 Å². The van der Waals surface area contributed by atoms with Crippen LogP contribution in [0.4, 0.5) is 5.69 Å². The topological polar surface area (TPSA) is 56.4 Å². The summed E-state index contributed by atoms with van der Waals surface area (Å²) < 4.78 is 2.41. The lowest BCUT2D eigenvalue weighted by Gasteiger charge is -2.32. The summed E-state index contributed by atoms with van der Waals surface area (Å²) in [6, 6.07) is 62.2. The first kappa shape index (κ1) is 35.0. The number of amidine groups is 1. The van der Waals surface area contributed by atoms with Crippen LogP contribution >= 0.6 is 0 Å². The second-order valence-electron chi connectivity index (χ2n) is 16.4. The maximum atomic E-state index is 9.87. The number of guanidine groups is 1. The number of allylic oxidation sites excluding steroid dienone is 2. The Morgan fingerprint density at radius 3 is 2.17 bits per heavy atom. The van der Waals surface area contributed by atoms with E-state index in [-0.39, 0.29) is 23.3 Å². The number of benzene rings is 7. The summed E-state index contributed by atoms with van der Waals surface area (Å²) in [5.41, 5.74) is 15.3. The molecule has 0 fully saturated rings. The van der Waals surface area contributed by atoms with Crippen LogP contribution in [0.25, 0.3) is 44.2 Å². The van der Waals surface area contributed by atoms with Gasteiger partial charge in [-0.3, -0.25) is 5.41 Å². The molecule has 2 N–H and O–H groups in total. The summed E-state index contributed by atoms with van der Waals surface area (Å²) >= 11 is 0. The maximum Gasteiger partial charge on any atom is 0.224 e. The second-order valence-corrected chi connectivity index (χ2v) is 16.4. The predicted molar refractivity (Wildman–Crippen MR) is 245 cm³/mol. The molecule has 0 radical (unpaired) electrons. The molecule has 2 heterocycles. The van der Waals surface area contributed by atoms with E-state index in [4.69, 9.17) is 4.99 Å². The zero-order valence-corrected chi connectivity index (χ0v) is 33.1. The molecule has 2 aliphatic carbocycles. The van der Waals surface area contributed by atoms with Crippen molar-refractivity contribution < 1.29 is 0 Å². The summed E-state index contributed by atoms with van der Waals surface area (Å²) in [5, 5.41) is 15.9. The lowest BCUT2D eigenvalue weighted by molar-refractivity contribution is 0.640. The van der Waals surface area contributed by atoms with Crippen molar-refractivity contribution in [2.24, 2.45) is 4.99 Å². The number of nitrogens with one attached hydrogen (secondary N) is 2. The van der Waals surface area contributed by atoms with Gasteiger partial charge >= 0.3 is 0 Å². The molecule has 8 aromatic rings. The van der Waals surface area contributed by atoms with Gasteiger partial charge in [0.05, 0.1) is 17.1 Å². The van der Waals surface area contributed by atoms with Gasteiger partial charge in [-0.05, 0) is 69.3 Å². The van der Waals surface area contributed by atoms with Crippen LogP contribution in [-0.2, 0) is 12.0 Å². The van der Waals surface area contributed by atoms with Crippen molar-refractivity contribution >= 4 is 44.9 Å². The second kappa shape index (κ2) is 13.7. The lowest BCUT2D eigenvalue weighted by atomic mass is 9.77. The molecule has 1 aromatic heterocycles. The van der Waals surface area contributed by atoms with Gasteiger partial charge in [0.1, 0.15) is 5.84 Å². The highest BCUT2D eigenvalue weighted by molar-refractivity contribution is 6.14. The van der Waals surface area contributed by atoms with Gasteiger partial charge in [-0.1, -0.05) is 172 Å². The first-order valence-corrected chi connectivity index (χ1v) is 20.5. The molecule has 1 aliphatic heterocycles. The molecule has 0 amide bonds. The average Bonchev–Trinajstić information content (AvgIpc) is 3.88. The van der Waals surface area contributed by atoms with Crippen molar-refractivity contribution in [2.75, 3.05) is 4.90 Å². The van der Waals surface area contributed by atoms with Crippen molar-refractivity contribution in [1.82, 2.24) is 9.88 Å². The van der Waals surface area contributed by atoms with Crippen LogP contribution in [0.5, 0.6) is 0 Å². The highest BCUT2D eigenvalue weighted by Gasteiger charge is 2.47. The number of hydrogen-bond acceptors (Lipinski definition) is 1. The fourth-order valence-electron chi connectivity index (χ4n) is 9.89. The molecule has 11 rings (SSSR count). The molecule has 59 heavy (non-hydrogen) atoms. The number of hydrogen-bond donors (Lipinski definition) is 2. The average molecular weight is 762 g/mol.